The van der Waals surface area contributed by atoms with Gasteiger partial charge in [0.25, 0.3) is 0 Å². The lowest BCUT2D eigenvalue weighted by Crippen LogP contribution is -2.42. The van der Waals surface area contributed by atoms with Gasteiger partial charge in [-0.1, -0.05) is 0 Å². The zero-order valence-corrected chi connectivity index (χ0v) is 18.5. The number of hydrogen-bond donors (Lipinski definition) is 3. The van der Waals surface area contributed by atoms with Gasteiger partial charge in [-0.05, 0) is 31.2 Å². The molecule has 0 spiro atoms. The summed E-state index contributed by atoms with van der Waals surface area (Å²) in [6, 6.07) is 5.39. The topological polar surface area (TPSA) is 78.8 Å². The average molecular weight is 548 g/mol. The molecule has 0 aliphatic heterocycles. The van der Waals surface area contributed by atoms with Gasteiger partial charge in [0.2, 0.25) is 0 Å². The number of aromatic nitrogens is 1. The highest BCUT2D eigenvalue weighted by molar-refractivity contribution is 14.0. The number of thiazole rings is 1. The first-order valence-corrected chi connectivity index (χ1v) is 9.26. The Labute approximate surface area is 186 Å². The number of halogens is 5. The standard InChI is InChI=1S/C17H20F4N4O2S.HI/c1-2-22-16(24-8-15-25-14(10-28-15)17(19,20)21)23-7-12(26)9-27-13-5-3-11(18)4-6-13;/h3-6,10,12,26H,2,7-9H2,1H3,(H2,22,23,24);1H. The van der Waals surface area contributed by atoms with Gasteiger partial charge in [0.05, 0.1) is 6.54 Å². The van der Waals surface area contributed by atoms with Crippen LogP contribution in [-0.4, -0.2) is 41.9 Å². The number of hydrogen-bond acceptors (Lipinski definition) is 5. The van der Waals surface area contributed by atoms with Gasteiger partial charge in [-0.2, -0.15) is 13.2 Å². The summed E-state index contributed by atoms with van der Waals surface area (Å²) in [7, 11) is 0. The Balaban J connectivity index is 0.00000420. The number of ether oxygens (including phenoxy) is 1. The molecular weight excluding hydrogens is 527 g/mol. The minimum absolute atomic E-state index is 0. The van der Waals surface area contributed by atoms with Crippen LogP contribution < -0.4 is 15.4 Å². The van der Waals surface area contributed by atoms with E-state index in [-0.39, 0.29) is 54.5 Å². The van der Waals surface area contributed by atoms with Gasteiger partial charge < -0.3 is 20.5 Å². The van der Waals surface area contributed by atoms with Crippen LogP contribution in [0.25, 0.3) is 0 Å². The first-order chi connectivity index (χ1) is 13.3. The van der Waals surface area contributed by atoms with E-state index in [2.05, 4.69) is 20.6 Å². The Morgan fingerprint density at radius 1 is 1.28 bits per heavy atom. The maximum Gasteiger partial charge on any atom is 0.434 e. The van der Waals surface area contributed by atoms with Gasteiger partial charge in [-0.15, -0.1) is 35.3 Å². The summed E-state index contributed by atoms with van der Waals surface area (Å²) >= 11 is 0.878. The second-order valence-electron chi connectivity index (χ2n) is 5.62. The van der Waals surface area contributed by atoms with Crippen molar-refractivity contribution in [2.75, 3.05) is 19.7 Å². The molecule has 0 bridgehead atoms. The number of nitrogens with zero attached hydrogens (tertiary/aromatic N) is 2. The van der Waals surface area contributed by atoms with Crippen LogP contribution in [0, 0.1) is 5.82 Å². The van der Waals surface area contributed by atoms with Crippen molar-refractivity contribution in [3.05, 3.63) is 46.2 Å². The molecule has 0 aliphatic carbocycles. The number of aliphatic imine (C=N–C) groups is 1. The second-order valence-corrected chi connectivity index (χ2v) is 6.56. The van der Waals surface area contributed by atoms with Gasteiger partial charge in [-0.3, -0.25) is 0 Å². The lowest BCUT2D eigenvalue weighted by molar-refractivity contribution is -0.140. The van der Waals surface area contributed by atoms with Crippen molar-refractivity contribution in [3.63, 3.8) is 0 Å². The number of guanidine groups is 1. The number of alkyl halides is 3. The molecule has 1 atom stereocenters. The van der Waals surface area contributed by atoms with E-state index in [4.69, 9.17) is 4.74 Å². The molecule has 1 heterocycles. The molecule has 0 amide bonds. The Morgan fingerprint density at radius 2 is 1.97 bits per heavy atom. The van der Waals surface area contributed by atoms with Crippen LogP contribution in [0.1, 0.15) is 17.6 Å². The molecule has 0 fully saturated rings. The maximum absolute atomic E-state index is 12.8. The number of aliphatic hydroxyl groups excluding tert-OH is 1. The fourth-order valence-corrected chi connectivity index (χ4v) is 2.72. The average Bonchev–Trinajstić information content (AvgIpc) is 3.13. The van der Waals surface area contributed by atoms with E-state index in [1.165, 1.54) is 24.3 Å². The zero-order valence-electron chi connectivity index (χ0n) is 15.4. The van der Waals surface area contributed by atoms with E-state index in [1.807, 2.05) is 6.92 Å². The SMILES string of the molecule is CCNC(=NCc1nc(C(F)(F)F)cs1)NCC(O)COc1ccc(F)cc1.I. The fourth-order valence-electron chi connectivity index (χ4n) is 2.00. The van der Waals surface area contributed by atoms with E-state index in [1.54, 1.807) is 0 Å². The van der Waals surface area contributed by atoms with Crippen LogP contribution in [-0.2, 0) is 12.7 Å². The van der Waals surface area contributed by atoms with Crippen molar-refractivity contribution >= 4 is 41.3 Å². The summed E-state index contributed by atoms with van der Waals surface area (Å²) in [6.07, 6.45) is -5.36. The number of benzene rings is 1. The third-order valence-corrected chi connectivity index (χ3v) is 4.15. The van der Waals surface area contributed by atoms with E-state index in [9.17, 15) is 22.7 Å². The van der Waals surface area contributed by atoms with Crippen LogP contribution in [0.2, 0.25) is 0 Å². The summed E-state index contributed by atoms with van der Waals surface area (Å²) in [5.41, 5.74) is -0.936. The third kappa shape index (κ3) is 9.12. The van der Waals surface area contributed by atoms with Gasteiger partial charge in [0, 0.05) is 18.5 Å². The minimum atomic E-state index is -4.48. The second kappa shape index (κ2) is 12.1. The van der Waals surface area contributed by atoms with Crippen molar-refractivity contribution in [3.8, 4) is 5.75 Å². The van der Waals surface area contributed by atoms with Crippen molar-refractivity contribution in [1.82, 2.24) is 15.6 Å². The lowest BCUT2D eigenvalue weighted by atomic mass is 10.3. The molecule has 162 valence electrons. The van der Waals surface area contributed by atoms with E-state index >= 15 is 0 Å². The zero-order chi connectivity index (χ0) is 20.6. The number of rotatable bonds is 8. The van der Waals surface area contributed by atoms with Gasteiger partial charge in [0.15, 0.2) is 11.7 Å². The normalized spacial score (nSPS) is 12.8. The third-order valence-electron chi connectivity index (χ3n) is 3.32. The molecule has 2 rings (SSSR count). The van der Waals surface area contributed by atoms with Crippen LogP contribution in [0.15, 0.2) is 34.6 Å². The molecular formula is C17H21F4IN4O2S. The van der Waals surface area contributed by atoms with Crippen molar-refractivity contribution in [1.29, 1.82) is 0 Å². The van der Waals surface area contributed by atoms with Crippen LogP contribution in [0.3, 0.4) is 0 Å². The van der Waals surface area contributed by atoms with Gasteiger partial charge >= 0.3 is 6.18 Å². The molecule has 1 aromatic carbocycles. The molecule has 12 heteroatoms. The quantitative estimate of drug-likeness (QED) is 0.204. The Morgan fingerprint density at radius 3 is 2.55 bits per heavy atom. The maximum atomic E-state index is 12.8. The largest absolute Gasteiger partial charge is 0.491 e. The van der Waals surface area contributed by atoms with Crippen molar-refractivity contribution < 1.29 is 27.4 Å². The predicted octanol–water partition coefficient (Wildman–Crippen LogP) is 3.41. The van der Waals surface area contributed by atoms with E-state index in [0.717, 1.165) is 16.7 Å². The van der Waals surface area contributed by atoms with E-state index in [0.29, 0.717) is 18.3 Å². The molecule has 6 nitrogen and oxygen atoms in total. The molecule has 3 N–H and O–H groups in total. The monoisotopic (exact) mass is 548 g/mol. The highest BCUT2D eigenvalue weighted by atomic mass is 127. The first-order valence-electron chi connectivity index (χ1n) is 8.38. The minimum Gasteiger partial charge on any atom is -0.491 e. The van der Waals surface area contributed by atoms with Gasteiger partial charge in [0.1, 0.15) is 29.3 Å². The Kier molecular flexibility index (Phi) is 10.6. The Hall–Kier alpha value is -1.67. The Bertz CT molecular complexity index is 772. The highest BCUT2D eigenvalue weighted by Gasteiger charge is 2.33. The van der Waals surface area contributed by atoms with Crippen LogP contribution in [0.4, 0.5) is 17.6 Å². The van der Waals surface area contributed by atoms with Crippen molar-refractivity contribution in [2.45, 2.75) is 25.7 Å². The van der Waals surface area contributed by atoms with Crippen molar-refractivity contribution in [2.24, 2.45) is 4.99 Å². The molecule has 1 aromatic heterocycles. The van der Waals surface area contributed by atoms with Gasteiger partial charge in [-0.25, -0.2) is 14.4 Å². The molecule has 2 aromatic rings. The molecule has 1 unspecified atom stereocenters. The molecule has 0 radical (unpaired) electrons. The summed E-state index contributed by atoms with van der Waals surface area (Å²) in [4.78, 5) is 7.67. The van der Waals surface area contributed by atoms with Crippen LogP contribution in [0.5, 0.6) is 5.75 Å². The smallest absolute Gasteiger partial charge is 0.434 e. The predicted molar refractivity (Wildman–Crippen MR) is 113 cm³/mol. The first kappa shape index (κ1) is 25.4. The summed E-state index contributed by atoms with van der Waals surface area (Å²) in [5, 5.41) is 17.0. The lowest BCUT2D eigenvalue weighted by Gasteiger charge is -2.15. The van der Waals surface area contributed by atoms with E-state index < -0.39 is 18.0 Å². The fraction of sp³-hybridized carbons (Fsp3) is 0.412. The molecule has 0 saturated carbocycles. The summed E-state index contributed by atoms with van der Waals surface area (Å²) in [5.74, 6) is 0.362. The molecule has 0 saturated heterocycles. The summed E-state index contributed by atoms with van der Waals surface area (Å²) < 4.78 is 55.9. The van der Waals surface area contributed by atoms with Crippen LogP contribution >= 0.6 is 35.3 Å². The highest BCUT2D eigenvalue weighted by Crippen LogP contribution is 2.30. The number of aliphatic hydroxyl groups is 1. The summed E-state index contributed by atoms with van der Waals surface area (Å²) in [6.45, 7) is 2.40. The molecule has 29 heavy (non-hydrogen) atoms. The number of nitrogens with one attached hydrogen (secondary N) is 2. The molecule has 0 aliphatic rings.